The minimum Gasteiger partial charge on any atom is -0.297 e. The molecule has 0 aromatic carbocycles. The van der Waals surface area contributed by atoms with Gasteiger partial charge in [-0.25, -0.2) is 0 Å². The number of H-pyrrole nitrogens is 1. The zero-order chi connectivity index (χ0) is 13.1. The van der Waals surface area contributed by atoms with Crippen molar-refractivity contribution in [3.63, 3.8) is 0 Å². The van der Waals surface area contributed by atoms with Gasteiger partial charge in [-0.2, -0.15) is 5.10 Å². The Bertz CT molecular complexity index is 539. The summed E-state index contributed by atoms with van der Waals surface area (Å²) in [4.78, 5) is 1.17. The van der Waals surface area contributed by atoms with Crippen LogP contribution in [0.4, 0.5) is 0 Å². The fraction of sp³-hybridized carbons (Fsp3) is 0.538. The maximum absolute atomic E-state index is 5.36. The Morgan fingerprint density at radius 2 is 2.28 bits per heavy atom. The number of rotatable bonds is 5. The van der Waals surface area contributed by atoms with Gasteiger partial charge in [0.25, 0.3) is 0 Å². The molecule has 0 spiro atoms. The Balaban J connectivity index is 2.33. The molecule has 0 amide bonds. The van der Waals surface area contributed by atoms with E-state index >= 15 is 0 Å². The number of hydrogen-bond acceptors (Lipinski definition) is 3. The van der Waals surface area contributed by atoms with Crippen LogP contribution in [0, 0.1) is 10.7 Å². The van der Waals surface area contributed by atoms with Crippen LogP contribution in [0.1, 0.15) is 39.7 Å². The number of aromatic amines is 1. The smallest absolute Gasteiger partial charge is 0.195 e. The molecule has 2 rings (SSSR count). The molecular formula is C13H19N3S2. The predicted molar refractivity (Wildman–Crippen MR) is 79.5 cm³/mol. The zero-order valence-corrected chi connectivity index (χ0v) is 12.6. The Morgan fingerprint density at radius 3 is 2.89 bits per heavy atom. The highest BCUT2D eigenvalue weighted by Crippen LogP contribution is 2.28. The van der Waals surface area contributed by atoms with E-state index in [0.717, 1.165) is 12.2 Å². The second kappa shape index (κ2) is 5.80. The summed E-state index contributed by atoms with van der Waals surface area (Å²) in [6.07, 6.45) is 2.33. The lowest BCUT2D eigenvalue weighted by atomic mass is 10.0. The summed E-state index contributed by atoms with van der Waals surface area (Å²) in [5.74, 6) is 1.67. The SMILES string of the molecule is CCC(C)CC(C)n1c(-c2cccs2)n[nH]c1=S. The summed E-state index contributed by atoms with van der Waals surface area (Å²) in [6.45, 7) is 6.73. The van der Waals surface area contributed by atoms with Crippen molar-refractivity contribution in [2.24, 2.45) is 5.92 Å². The fourth-order valence-corrected chi connectivity index (χ4v) is 3.17. The van der Waals surface area contributed by atoms with E-state index in [1.807, 2.05) is 6.07 Å². The van der Waals surface area contributed by atoms with Gasteiger partial charge in [0, 0.05) is 6.04 Å². The molecule has 2 atom stereocenters. The van der Waals surface area contributed by atoms with Gasteiger partial charge in [0.15, 0.2) is 10.6 Å². The lowest BCUT2D eigenvalue weighted by molar-refractivity contribution is 0.398. The van der Waals surface area contributed by atoms with E-state index < -0.39 is 0 Å². The van der Waals surface area contributed by atoms with Gasteiger partial charge in [-0.05, 0) is 42.9 Å². The van der Waals surface area contributed by atoms with Crippen molar-refractivity contribution in [3.05, 3.63) is 22.3 Å². The predicted octanol–water partition coefficient (Wildman–Crippen LogP) is 4.67. The van der Waals surface area contributed by atoms with Crippen molar-refractivity contribution in [2.75, 3.05) is 0 Å². The quantitative estimate of drug-likeness (QED) is 0.808. The molecule has 0 saturated heterocycles. The van der Waals surface area contributed by atoms with E-state index in [4.69, 9.17) is 12.2 Å². The van der Waals surface area contributed by atoms with E-state index in [0.29, 0.717) is 16.7 Å². The van der Waals surface area contributed by atoms with Crippen molar-refractivity contribution in [1.29, 1.82) is 0 Å². The third-order valence-corrected chi connectivity index (χ3v) is 4.48. The molecular weight excluding hydrogens is 262 g/mol. The van der Waals surface area contributed by atoms with E-state index in [-0.39, 0.29) is 0 Å². The van der Waals surface area contributed by atoms with Gasteiger partial charge in [-0.15, -0.1) is 11.3 Å². The molecule has 0 fully saturated rings. The third kappa shape index (κ3) is 2.72. The van der Waals surface area contributed by atoms with Gasteiger partial charge in [-0.1, -0.05) is 26.3 Å². The highest BCUT2D eigenvalue weighted by atomic mass is 32.1. The molecule has 0 radical (unpaired) electrons. The standard InChI is InChI=1S/C13H19N3S2/c1-4-9(2)8-10(3)16-12(14-15-13(16)17)11-6-5-7-18-11/h5-7,9-10H,4,8H2,1-3H3,(H,15,17). The molecule has 0 bridgehead atoms. The van der Waals surface area contributed by atoms with Crippen molar-refractivity contribution in [2.45, 2.75) is 39.7 Å². The first-order valence-electron chi connectivity index (χ1n) is 6.34. The summed E-state index contributed by atoms with van der Waals surface area (Å²) in [5.41, 5.74) is 0. The second-order valence-electron chi connectivity index (χ2n) is 4.80. The fourth-order valence-electron chi connectivity index (χ4n) is 2.15. The van der Waals surface area contributed by atoms with Gasteiger partial charge in [-0.3, -0.25) is 9.67 Å². The van der Waals surface area contributed by atoms with Gasteiger partial charge in [0.05, 0.1) is 4.88 Å². The van der Waals surface area contributed by atoms with Crippen molar-refractivity contribution >= 4 is 23.6 Å². The number of hydrogen-bond donors (Lipinski definition) is 1. The topological polar surface area (TPSA) is 33.6 Å². The molecule has 3 nitrogen and oxygen atoms in total. The maximum Gasteiger partial charge on any atom is 0.195 e. The van der Waals surface area contributed by atoms with E-state index in [1.165, 1.54) is 11.3 Å². The van der Waals surface area contributed by atoms with Gasteiger partial charge < -0.3 is 0 Å². The Hall–Kier alpha value is -0.940. The molecule has 2 heterocycles. The lowest BCUT2D eigenvalue weighted by Gasteiger charge is -2.18. The van der Waals surface area contributed by atoms with Crippen molar-refractivity contribution in [1.82, 2.24) is 14.8 Å². The Morgan fingerprint density at radius 1 is 1.50 bits per heavy atom. The molecule has 0 aliphatic rings. The van der Waals surface area contributed by atoms with Crippen LogP contribution in [0.5, 0.6) is 0 Å². The molecule has 0 aliphatic carbocycles. The molecule has 0 aliphatic heterocycles. The average Bonchev–Trinajstić information content (AvgIpc) is 2.97. The average molecular weight is 281 g/mol. The van der Waals surface area contributed by atoms with Crippen LogP contribution in [-0.4, -0.2) is 14.8 Å². The van der Waals surface area contributed by atoms with Crippen LogP contribution in [0.25, 0.3) is 10.7 Å². The number of thiophene rings is 1. The normalized spacial score (nSPS) is 14.6. The number of nitrogens with zero attached hydrogens (tertiary/aromatic N) is 2. The number of aromatic nitrogens is 3. The zero-order valence-electron chi connectivity index (χ0n) is 11.0. The van der Waals surface area contributed by atoms with Gasteiger partial charge in [0.2, 0.25) is 0 Å². The first kappa shape index (κ1) is 13.5. The minimum atomic E-state index is 0.378. The third-order valence-electron chi connectivity index (χ3n) is 3.33. The van der Waals surface area contributed by atoms with Crippen LogP contribution in [0.2, 0.25) is 0 Å². The molecule has 18 heavy (non-hydrogen) atoms. The highest BCUT2D eigenvalue weighted by Gasteiger charge is 2.16. The van der Waals surface area contributed by atoms with E-state index in [1.54, 1.807) is 11.3 Å². The maximum atomic E-state index is 5.36. The lowest BCUT2D eigenvalue weighted by Crippen LogP contribution is -2.10. The largest absolute Gasteiger partial charge is 0.297 e. The molecule has 0 saturated carbocycles. The highest BCUT2D eigenvalue weighted by molar-refractivity contribution is 7.71. The van der Waals surface area contributed by atoms with Crippen LogP contribution in [0.3, 0.4) is 0 Å². The van der Waals surface area contributed by atoms with Crippen LogP contribution in [-0.2, 0) is 0 Å². The summed E-state index contributed by atoms with van der Waals surface area (Å²) in [7, 11) is 0. The molecule has 1 N–H and O–H groups in total. The molecule has 5 heteroatoms. The van der Waals surface area contributed by atoms with Crippen molar-refractivity contribution < 1.29 is 0 Å². The first-order chi connectivity index (χ1) is 8.63. The first-order valence-corrected chi connectivity index (χ1v) is 7.63. The Kier molecular flexibility index (Phi) is 4.35. The second-order valence-corrected chi connectivity index (χ2v) is 6.13. The van der Waals surface area contributed by atoms with Crippen LogP contribution < -0.4 is 0 Å². The summed E-state index contributed by atoms with van der Waals surface area (Å²) >= 11 is 7.06. The van der Waals surface area contributed by atoms with E-state index in [2.05, 4.69) is 47.0 Å². The molecule has 2 aromatic rings. The minimum absolute atomic E-state index is 0.378. The Labute approximate surface area is 117 Å². The summed E-state index contributed by atoms with van der Waals surface area (Å²) in [5, 5.41) is 9.35. The molecule has 2 unspecified atom stereocenters. The summed E-state index contributed by atoms with van der Waals surface area (Å²) < 4.78 is 2.86. The summed E-state index contributed by atoms with van der Waals surface area (Å²) in [6, 6.07) is 4.51. The monoisotopic (exact) mass is 281 g/mol. The van der Waals surface area contributed by atoms with E-state index in [9.17, 15) is 0 Å². The van der Waals surface area contributed by atoms with Crippen LogP contribution in [0.15, 0.2) is 17.5 Å². The van der Waals surface area contributed by atoms with Gasteiger partial charge in [0.1, 0.15) is 0 Å². The molecule has 98 valence electrons. The van der Waals surface area contributed by atoms with Crippen molar-refractivity contribution in [3.8, 4) is 10.7 Å². The van der Waals surface area contributed by atoms with Crippen LogP contribution >= 0.6 is 23.6 Å². The number of nitrogens with one attached hydrogen (secondary N) is 1. The van der Waals surface area contributed by atoms with Gasteiger partial charge >= 0.3 is 0 Å². The molecule has 2 aromatic heterocycles.